The van der Waals surface area contributed by atoms with Gasteiger partial charge in [-0.25, -0.2) is 19.1 Å². The number of carboxylic acid groups (broad SMARTS) is 1. The highest BCUT2D eigenvalue weighted by Gasteiger charge is 2.55. The molecule has 4 aromatic carbocycles. The summed E-state index contributed by atoms with van der Waals surface area (Å²) in [4.78, 5) is 76.1. The van der Waals surface area contributed by atoms with E-state index < -0.39 is 58.6 Å². The number of carbonyl (C=O) groups is 5. The van der Waals surface area contributed by atoms with Crippen molar-refractivity contribution in [1.29, 1.82) is 0 Å². The number of rotatable bonds is 19. The van der Waals surface area contributed by atoms with E-state index in [1.54, 1.807) is 52.1 Å². The number of hydrogen-bond donors (Lipinski definition) is 3. The minimum absolute atomic E-state index is 0.0106. The molecular weight excluding hydrogens is 1080 g/mol. The van der Waals surface area contributed by atoms with Crippen molar-refractivity contribution >= 4 is 75.4 Å². The monoisotopic (exact) mass is 1130 g/mol. The van der Waals surface area contributed by atoms with E-state index in [9.17, 15) is 32.3 Å². The Kier molecular flexibility index (Phi) is 19.2. The molecular formula is C55H53ClF3N7O10S2. The van der Waals surface area contributed by atoms with Crippen molar-refractivity contribution in [2.24, 2.45) is 5.16 Å². The number of nitrogens with one attached hydrogen (secondary N) is 3. The minimum Gasteiger partial charge on any atom is -0.542 e. The first kappa shape index (κ1) is 57.7. The standard InChI is InChI=1S/C53H52ClN7O8S2.C2HF3O2/c1-52(2,3)69-51(65)55-28-17-31-68-59-42(41-45(54)71-50(57-41)58-53(37-18-9-5-10-19-37,38-20-11-6-12-21-38)39-22-13-7-14-23-39)46(62)56-43-47(63)61-44(49(64)67-33-35-24-26-40(66-4)27-25-35)36(34-70-48(43)61)32-60-29-15-8-16-30-60;3-2(4,5)1(6)7/h5-16,18-27,29-30,43,48H,17,28,31-34H2,1-4H3,(H2-,55,56,57,58,62,65);(H,6,7)/b59-42-;/t43-,48-;/m1./s1. The van der Waals surface area contributed by atoms with Gasteiger partial charge in [0.1, 0.15) is 63.2 Å². The van der Waals surface area contributed by atoms with Gasteiger partial charge in [0.25, 0.3) is 11.8 Å². The summed E-state index contributed by atoms with van der Waals surface area (Å²) < 4.78 is 50.0. The molecule has 3 amide bonds. The van der Waals surface area contributed by atoms with Crippen molar-refractivity contribution in [3.8, 4) is 5.75 Å². The van der Waals surface area contributed by atoms with E-state index in [4.69, 9.17) is 45.5 Å². The number of pyridine rings is 1. The molecule has 23 heteroatoms. The number of thiazole rings is 1. The molecule has 6 aromatic rings. The summed E-state index contributed by atoms with van der Waals surface area (Å²) in [6.07, 6.45) is -1.71. The predicted molar refractivity (Wildman–Crippen MR) is 284 cm³/mol. The van der Waals surface area contributed by atoms with Gasteiger partial charge in [0.05, 0.1) is 7.11 Å². The van der Waals surface area contributed by atoms with Gasteiger partial charge in [-0.3, -0.25) is 14.5 Å². The van der Waals surface area contributed by atoms with Gasteiger partial charge in [0.2, 0.25) is 0 Å². The number of anilines is 1. The molecule has 0 radical (unpaired) electrons. The lowest BCUT2D eigenvalue weighted by atomic mass is 9.77. The van der Waals surface area contributed by atoms with Gasteiger partial charge in [0.15, 0.2) is 29.8 Å². The molecule has 0 unspecified atom stereocenters. The number of aromatic nitrogens is 2. The average molecular weight is 1130 g/mol. The van der Waals surface area contributed by atoms with Crippen LogP contribution in [-0.4, -0.2) is 94.6 Å². The smallest absolute Gasteiger partial charge is 0.430 e. The second-order valence-electron chi connectivity index (χ2n) is 18.2. The van der Waals surface area contributed by atoms with Gasteiger partial charge in [-0.05, 0) is 55.2 Å². The van der Waals surface area contributed by atoms with Crippen molar-refractivity contribution < 1.29 is 65.9 Å². The van der Waals surface area contributed by atoms with Gasteiger partial charge in [-0.2, -0.15) is 13.2 Å². The van der Waals surface area contributed by atoms with Crippen molar-refractivity contribution in [2.45, 2.75) is 69.1 Å². The SMILES string of the molecule is COc1ccc(COC(=O)C2=C(C[n+]3ccccc3)CS[C@@H]3[C@H](NC(=O)/C(=N\OCCCNC(=O)OC(C)(C)C)c4nc(NC(c5ccccc5)(c5ccccc5)c5ccccc5)sc4Cl)C(=O)N23)cc1.O=C([O-])C(F)(F)F. The van der Waals surface area contributed by atoms with Gasteiger partial charge >= 0.3 is 18.2 Å². The normalized spacial score (nSPS) is 15.4. The fourth-order valence-corrected chi connectivity index (χ4v) is 10.5. The Morgan fingerprint density at radius 3 is 1.96 bits per heavy atom. The van der Waals surface area contributed by atoms with E-state index in [-0.39, 0.29) is 41.2 Å². The number of aliphatic carboxylic acids is 1. The number of fused-ring (bicyclic) bond motifs is 1. The summed E-state index contributed by atoms with van der Waals surface area (Å²) in [5.41, 5.74) is 2.38. The van der Waals surface area contributed by atoms with Crippen LogP contribution < -0.4 is 30.4 Å². The molecule has 78 heavy (non-hydrogen) atoms. The average Bonchev–Trinajstić information content (AvgIpc) is 3.94. The Morgan fingerprint density at radius 2 is 1.42 bits per heavy atom. The molecule has 3 N–H and O–H groups in total. The summed E-state index contributed by atoms with van der Waals surface area (Å²) in [5.74, 6) is -3.94. The zero-order chi connectivity index (χ0) is 56.0. The molecule has 2 aliphatic heterocycles. The Balaban J connectivity index is 0.00000118. The molecule has 0 bridgehead atoms. The first-order valence-corrected chi connectivity index (χ1v) is 26.3. The number of β-lactam (4-membered cyclic amide) rings is 1. The molecule has 4 heterocycles. The lowest BCUT2D eigenvalue weighted by Gasteiger charge is -2.49. The Bertz CT molecular complexity index is 3020. The number of carboxylic acids is 1. The van der Waals surface area contributed by atoms with Gasteiger partial charge in [0, 0.05) is 36.4 Å². The zero-order valence-electron chi connectivity index (χ0n) is 42.5. The highest BCUT2D eigenvalue weighted by molar-refractivity contribution is 8.00. The van der Waals surface area contributed by atoms with Crippen LogP contribution in [0.25, 0.3) is 0 Å². The number of thioether (sulfide) groups is 1. The van der Waals surface area contributed by atoms with Crippen LogP contribution in [0.3, 0.4) is 0 Å². The number of benzene rings is 4. The van der Waals surface area contributed by atoms with E-state index in [1.807, 2.05) is 126 Å². The highest BCUT2D eigenvalue weighted by Crippen LogP contribution is 2.43. The van der Waals surface area contributed by atoms with Gasteiger partial charge in [-0.1, -0.05) is 137 Å². The number of hydrogen-bond acceptors (Lipinski definition) is 15. The van der Waals surface area contributed by atoms with Crippen molar-refractivity contribution in [2.75, 3.05) is 31.3 Å². The largest absolute Gasteiger partial charge is 0.542 e. The predicted octanol–water partition coefficient (Wildman–Crippen LogP) is 7.53. The summed E-state index contributed by atoms with van der Waals surface area (Å²) >= 11 is 9.57. The molecule has 2 aromatic heterocycles. The van der Waals surface area contributed by atoms with Crippen molar-refractivity contribution in [3.05, 3.63) is 189 Å². The van der Waals surface area contributed by atoms with Gasteiger partial charge in [-0.15, -0.1) is 11.8 Å². The minimum atomic E-state index is -5.19. The molecule has 408 valence electrons. The molecule has 0 spiro atoms. The number of alkyl carbamates (subject to hydrolysis) is 1. The van der Waals surface area contributed by atoms with Crippen LogP contribution in [-0.2, 0) is 52.2 Å². The number of methoxy groups -OCH3 is 1. The van der Waals surface area contributed by atoms with E-state index in [0.29, 0.717) is 35.2 Å². The van der Waals surface area contributed by atoms with Crippen molar-refractivity contribution in [1.82, 2.24) is 20.5 Å². The molecule has 0 saturated carbocycles. The van der Waals surface area contributed by atoms with E-state index in [1.165, 1.54) is 16.7 Å². The third-order valence-corrected chi connectivity index (χ3v) is 14.1. The molecule has 1 fully saturated rings. The van der Waals surface area contributed by atoms with Crippen LogP contribution in [0.5, 0.6) is 5.75 Å². The fourth-order valence-electron chi connectivity index (χ4n) is 8.09. The van der Waals surface area contributed by atoms with E-state index in [0.717, 1.165) is 33.6 Å². The van der Waals surface area contributed by atoms with Gasteiger partial charge < -0.3 is 44.9 Å². The maximum atomic E-state index is 14.6. The number of alkyl halides is 3. The highest BCUT2D eigenvalue weighted by atomic mass is 35.5. The molecule has 1 saturated heterocycles. The number of carbonyl (C=O) groups excluding carboxylic acids is 5. The molecule has 0 aliphatic carbocycles. The number of ether oxygens (including phenoxy) is 3. The first-order valence-electron chi connectivity index (χ1n) is 24.1. The second kappa shape index (κ2) is 25.9. The zero-order valence-corrected chi connectivity index (χ0v) is 44.8. The number of nitrogens with zero attached hydrogens (tertiary/aromatic N) is 4. The molecule has 2 atom stereocenters. The Labute approximate surface area is 460 Å². The van der Waals surface area contributed by atoms with Crippen LogP contribution in [0, 0.1) is 0 Å². The Hall–Kier alpha value is -7.95. The fraction of sp³-hybridized carbons (Fsp3) is 0.273. The summed E-state index contributed by atoms with van der Waals surface area (Å²) in [6.45, 7) is 5.79. The lowest BCUT2D eigenvalue weighted by Crippen LogP contribution is -2.71. The Morgan fingerprint density at radius 1 is 0.859 bits per heavy atom. The third-order valence-electron chi connectivity index (χ3n) is 11.6. The first-order chi connectivity index (χ1) is 37.3. The summed E-state index contributed by atoms with van der Waals surface area (Å²) in [6, 6.07) is 41.5. The van der Waals surface area contributed by atoms with E-state index >= 15 is 0 Å². The number of esters is 1. The molecule has 17 nitrogen and oxygen atoms in total. The van der Waals surface area contributed by atoms with Crippen LogP contribution in [0.1, 0.15) is 55.1 Å². The molecule has 2 aliphatic rings. The third kappa shape index (κ3) is 14.5. The lowest BCUT2D eigenvalue weighted by molar-refractivity contribution is -0.689. The summed E-state index contributed by atoms with van der Waals surface area (Å²) in [5, 5.41) is 22.0. The number of amides is 3. The van der Waals surface area contributed by atoms with Crippen LogP contribution in [0.4, 0.5) is 23.1 Å². The molecule has 8 rings (SSSR count). The van der Waals surface area contributed by atoms with Crippen molar-refractivity contribution in [3.63, 3.8) is 0 Å². The maximum Gasteiger partial charge on any atom is 0.430 e. The maximum absolute atomic E-state index is 14.6. The van der Waals surface area contributed by atoms with Crippen LogP contribution in [0.2, 0.25) is 4.34 Å². The number of halogens is 4. The summed E-state index contributed by atoms with van der Waals surface area (Å²) in [7, 11) is 1.57. The van der Waals surface area contributed by atoms with E-state index in [2.05, 4.69) is 21.1 Å². The van der Waals surface area contributed by atoms with Crippen LogP contribution in [0.15, 0.2) is 162 Å². The quantitative estimate of drug-likeness (QED) is 0.0136. The number of oxime groups is 1. The topological polar surface area (TPSA) is 214 Å². The second-order valence-corrected chi connectivity index (χ2v) is 20.9. The van der Waals surface area contributed by atoms with Crippen LogP contribution >= 0.6 is 34.7 Å².